The molecule has 3 aromatic heterocycles. The minimum Gasteiger partial charge on any atom is -0.494 e. The fourth-order valence-electron chi connectivity index (χ4n) is 2.35. The monoisotopic (exact) mass is 380 g/mol. The summed E-state index contributed by atoms with van der Waals surface area (Å²) >= 11 is 0. The molecule has 3 heterocycles. The number of hydrogen-bond acceptors (Lipinski definition) is 9. The van der Waals surface area contributed by atoms with Crippen LogP contribution in [-0.2, 0) is 0 Å². The lowest BCUT2D eigenvalue weighted by atomic mass is 10.1. The van der Waals surface area contributed by atoms with Crippen molar-refractivity contribution < 1.29 is 9.47 Å². The molecule has 0 aliphatic heterocycles. The largest absolute Gasteiger partial charge is 0.494 e. The lowest BCUT2D eigenvalue weighted by Gasteiger charge is -2.15. The van der Waals surface area contributed by atoms with Gasteiger partial charge in [-0.2, -0.15) is 10.4 Å². The quantitative estimate of drug-likeness (QED) is 0.532. The molecule has 28 heavy (non-hydrogen) atoms. The van der Waals surface area contributed by atoms with Gasteiger partial charge in [-0.15, -0.1) is 0 Å². The Balaban J connectivity index is 1.85. The fraction of sp³-hybridized carbons (Fsp3) is 0.278. The second-order valence-electron chi connectivity index (χ2n) is 6.06. The molecule has 0 saturated carbocycles. The lowest BCUT2D eigenvalue weighted by Crippen LogP contribution is -2.18. The van der Waals surface area contributed by atoms with E-state index in [0.29, 0.717) is 47.5 Å². The second kappa shape index (κ2) is 8.79. The molecule has 0 unspecified atom stereocenters. The van der Waals surface area contributed by atoms with Gasteiger partial charge in [0, 0.05) is 12.0 Å². The van der Waals surface area contributed by atoms with Crippen LogP contribution in [0, 0.1) is 17.2 Å². The Morgan fingerprint density at radius 2 is 2.04 bits per heavy atom. The molecule has 0 saturated heterocycles. The Morgan fingerprint density at radius 1 is 1.21 bits per heavy atom. The highest BCUT2D eigenvalue weighted by atomic mass is 16.5. The molecule has 0 aliphatic rings. The maximum atomic E-state index is 8.79. The van der Waals surface area contributed by atoms with Crippen LogP contribution in [0.4, 0.5) is 11.6 Å². The molecule has 10 nitrogen and oxygen atoms in total. The standard InChI is InChI=1S/C18H20N8O2/c1-11(4-19)10-28-15-8-21-7-14(27-2)18(15)13-3-16(26-25-13)24-17-9-22-12(5-20)6-23-17/h3,6-9,11H,4,10,19H2,1-2H3,(H2,23,24,25,26)/t11-/m1/s1. The molecule has 4 N–H and O–H groups in total. The summed E-state index contributed by atoms with van der Waals surface area (Å²) in [6.45, 7) is 2.99. The topological polar surface area (TPSA) is 148 Å². The average molecular weight is 380 g/mol. The number of aromatic amines is 1. The van der Waals surface area contributed by atoms with Crippen molar-refractivity contribution in [2.75, 3.05) is 25.6 Å². The minimum atomic E-state index is 0.202. The van der Waals surface area contributed by atoms with E-state index >= 15 is 0 Å². The van der Waals surface area contributed by atoms with Crippen LogP contribution in [0.15, 0.2) is 30.9 Å². The molecule has 0 radical (unpaired) electrons. The number of pyridine rings is 1. The summed E-state index contributed by atoms with van der Waals surface area (Å²) in [5, 5.41) is 19.0. The van der Waals surface area contributed by atoms with E-state index in [-0.39, 0.29) is 11.6 Å². The Labute approximate surface area is 161 Å². The molecule has 1 atom stereocenters. The molecule has 3 rings (SSSR count). The van der Waals surface area contributed by atoms with Crippen LogP contribution in [0.5, 0.6) is 11.5 Å². The third-order valence-electron chi connectivity index (χ3n) is 3.89. The zero-order valence-electron chi connectivity index (χ0n) is 15.5. The molecule has 0 fully saturated rings. The van der Waals surface area contributed by atoms with Gasteiger partial charge in [-0.1, -0.05) is 6.92 Å². The number of rotatable bonds is 8. The van der Waals surface area contributed by atoms with Crippen LogP contribution in [0.3, 0.4) is 0 Å². The van der Waals surface area contributed by atoms with Gasteiger partial charge in [0.2, 0.25) is 0 Å². The number of nitriles is 1. The van der Waals surface area contributed by atoms with Crippen LogP contribution in [0.25, 0.3) is 11.3 Å². The van der Waals surface area contributed by atoms with Crippen molar-refractivity contribution in [2.24, 2.45) is 11.7 Å². The van der Waals surface area contributed by atoms with Gasteiger partial charge < -0.3 is 20.5 Å². The number of anilines is 2. The van der Waals surface area contributed by atoms with Gasteiger partial charge in [-0.25, -0.2) is 9.97 Å². The van der Waals surface area contributed by atoms with E-state index in [0.717, 1.165) is 0 Å². The molecule has 0 spiro atoms. The Kier molecular flexibility index (Phi) is 5.98. The Hall–Kier alpha value is -3.71. The van der Waals surface area contributed by atoms with Crippen molar-refractivity contribution in [2.45, 2.75) is 6.92 Å². The van der Waals surface area contributed by atoms with Crippen molar-refractivity contribution >= 4 is 11.6 Å². The summed E-state index contributed by atoms with van der Waals surface area (Å²) in [4.78, 5) is 12.2. The van der Waals surface area contributed by atoms with Gasteiger partial charge >= 0.3 is 0 Å². The molecular formula is C18H20N8O2. The normalized spacial score (nSPS) is 11.5. The first-order valence-corrected chi connectivity index (χ1v) is 8.54. The molecular weight excluding hydrogens is 360 g/mol. The summed E-state index contributed by atoms with van der Waals surface area (Å²) in [5.74, 6) is 2.30. The number of H-pyrrole nitrogens is 1. The van der Waals surface area contributed by atoms with E-state index in [4.69, 9.17) is 20.5 Å². The van der Waals surface area contributed by atoms with Crippen molar-refractivity contribution in [3.63, 3.8) is 0 Å². The SMILES string of the molecule is COc1cncc(OC[C@H](C)CN)c1-c1cc(Nc2cnc(C#N)cn2)n[nH]1. The number of methoxy groups -OCH3 is 1. The maximum absolute atomic E-state index is 8.79. The van der Waals surface area contributed by atoms with E-state index in [1.807, 2.05) is 13.0 Å². The van der Waals surface area contributed by atoms with Crippen molar-refractivity contribution in [1.82, 2.24) is 25.1 Å². The van der Waals surface area contributed by atoms with Gasteiger partial charge in [0.1, 0.15) is 17.6 Å². The van der Waals surface area contributed by atoms with Gasteiger partial charge in [0.15, 0.2) is 17.3 Å². The first-order chi connectivity index (χ1) is 13.6. The second-order valence-corrected chi connectivity index (χ2v) is 6.06. The first kappa shape index (κ1) is 19.1. The van der Waals surface area contributed by atoms with Crippen molar-refractivity contribution in [3.8, 4) is 28.8 Å². The highest BCUT2D eigenvalue weighted by Crippen LogP contribution is 2.37. The maximum Gasteiger partial charge on any atom is 0.158 e. The number of nitrogens with zero attached hydrogens (tertiary/aromatic N) is 5. The Bertz CT molecular complexity index is 964. The van der Waals surface area contributed by atoms with Crippen LogP contribution < -0.4 is 20.5 Å². The smallest absolute Gasteiger partial charge is 0.158 e. The van der Waals surface area contributed by atoms with Crippen molar-refractivity contribution in [1.29, 1.82) is 5.26 Å². The van der Waals surface area contributed by atoms with E-state index in [9.17, 15) is 0 Å². The molecule has 144 valence electrons. The van der Waals surface area contributed by atoms with Crippen LogP contribution in [-0.4, -0.2) is 45.4 Å². The van der Waals surface area contributed by atoms with E-state index < -0.39 is 0 Å². The molecule has 0 bridgehead atoms. The van der Waals surface area contributed by atoms with Crippen LogP contribution in [0.1, 0.15) is 12.6 Å². The molecule has 10 heteroatoms. The van der Waals surface area contributed by atoms with Crippen molar-refractivity contribution in [3.05, 3.63) is 36.5 Å². The van der Waals surface area contributed by atoms with Crippen LogP contribution in [0.2, 0.25) is 0 Å². The van der Waals surface area contributed by atoms with Crippen LogP contribution >= 0.6 is 0 Å². The summed E-state index contributed by atoms with van der Waals surface area (Å²) in [7, 11) is 1.56. The summed E-state index contributed by atoms with van der Waals surface area (Å²) in [6, 6.07) is 3.71. The predicted octanol–water partition coefficient (Wildman–Crippen LogP) is 1.86. The molecule has 0 amide bonds. The molecule has 3 aromatic rings. The number of hydrogen-bond donors (Lipinski definition) is 3. The van der Waals surface area contributed by atoms with Gasteiger partial charge in [-0.3, -0.25) is 10.1 Å². The highest BCUT2D eigenvalue weighted by Gasteiger charge is 2.17. The fourth-order valence-corrected chi connectivity index (χ4v) is 2.35. The minimum absolute atomic E-state index is 0.202. The number of ether oxygens (including phenoxy) is 2. The zero-order chi connectivity index (χ0) is 19.9. The average Bonchev–Trinajstić information content (AvgIpc) is 3.20. The Morgan fingerprint density at radius 3 is 2.71 bits per heavy atom. The summed E-state index contributed by atoms with van der Waals surface area (Å²) < 4.78 is 11.3. The third kappa shape index (κ3) is 4.33. The molecule has 0 aliphatic carbocycles. The third-order valence-corrected chi connectivity index (χ3v) is 3.89. The van der Waals surface area contributed by atoms with E-state index in [1.54, 1.807) is 25.6 Å². The zero-order valence-corrected chi connectivity index (χ0v) is 15.5. The number of nitrogens with two attached hydrogens (primary N) is 1. The summed E-state index contributed by atoms with van der Waals surface area (Å²) in [5.41, 5.74) is 7.28. The van der Waals surface area contributed by atoms with Gasteiger partial charge in [-0.05, 0) is 6.54 Å². The summed E-state index contributed by atoms with van der Waals surface area (Å²) in [6.07, 6.45) is 6.07. The van der Waals surface area contributed by atoms with E-state index in [1.165, 1.54) is 12.4 Å². The highest BCUT2D eigenvalue weighted by molar-refractivity contribution is 5.75. The first-order valence-electron chi connectivity index (χ1n) is 8.54. The number of aromatic nitrogens is 5. The molecule has 0 aromatic carbocycles. The van der Waals surface area contributed by atoms with Gasteiger partial charge in [0.05, 0.1) is 49.8 Å². The van der Waals surface area contributed by atoms with Gasteiger partial charge in [0.25, 0.3) is 0 Å². The van der Waals surface area contributed by atoms with E-state index in [2.05, 4.69) is 30.5 Å². The lowest BCUT2D eigenvalue weighted by molar-refractivity contribution is 0.262. The predicted molar refractivity (Wildman–Crippen MR) is 102 cm³/mol. The number of nitrogens with one attached hydrogen (secondary N) is 2.